The Morgan fingerprint density at radius 1 is 1.29 bits per heavy atom. The number of furan rings is 1. The molecular weight excluding hydrogens is 348 g/mol. The molecular formula is C13H12Br2O2. The fourth-order valence-corrected chi connectivity index (χ4v) is 2.95. The normalized spacial score (nSPS) is 12.5. The van der Waals surface area contributed by atoms with Crippen LogP contribution in [0.15, 0.2) is 39.4 Å². The van der Waals surface area contributed by atoms with Gasteiger partial charge in [-0.1, -0.05) is 22.0 Å². The van der Waals surface area contributed by atoms with Crippen molar-refractivity contribution in [2.75, 3.05) is 7.11 Å². The van der Waals surface area contributed by atoms with Crippen molar-refractivity contribution >= 4 is 31.9 Å². The summed E-state index contributed by atoms with van der Waals surface area (Å²) in [6.45, 7) is 2.03. The Morgan fingerprint density at radius 2 is 2.06 bits per heavy atom. The van der Waals surface area contributed by atoms with Crippen molar-refractivity contribution < 1.29 is 9.15 Å². The Hall–Kier alpha value is -0.740. The Morgan fingerprint density at radius 3 is 2.59 bits per heavy atom. The molecule has 0 aliphatic rings. The lowest BCUT2D eigenvalue weighted by Gasteiger charge is -2.11. The van der Waals surface area contributed by atoms with Gasteiger partial charge < -0.3 is 9.15 Å². The van der Waals surface area contributed by atoms with Crippen LogP contribution in [-0.2, 0) is 0 Å². The van der Waals surface area contributed by atoms with Gasteiger partial charge in [-0.05, 0) is 52.2 Å². The molecule has 1 aromatic heterocycles. The summed E-state index contributed by atoms with van der Waals surface area (Å²) >= 11 is 7.13. The van der Waals surface area contributed by atoms with Gasteiger partial charge in [-0.3, -0.25) is 0 Å². The minimum absolute atomic E-state index is 0.0553. The van der Waals surface area contributed by atoms with Crippen molar-refractivity contribution in [2.45, 2.75) is 11.8 Å². The zero-order valence-electron chi connectivity index (χ0n) is 9.54. The number of alkyl halides is 1. The standard InChI is InChI=1S/C13H12Br2O2/c1-8-5-6-17-13(8)12(15)9-3-4-11(16-2)10(14)7-9/h3-7,12H,1-2H3. The molecule has 90 valence electrons. The largest absolute Gasteiger partial charge is 0.496 e. The third kappa shape index (κ3) is 2.58. The molecule has 0 amide bonds. The van der Waals surface area contributed by atoms with E-state index in [1.807, 2.05) is 31.2 Å². The lowest BCUT2D eigenvalue weighted by atomic mass is 10.1. The first-order valence-corrected chi connectivity index (χ1v) is 6.86. The van der Waals surface area contributed by atoms with E-state index in [4.69, 9.17) is 9.15 Å². The SMILES string of the molecule is COc1ccc(C(Br)c2occc2C)cc1Br. The molecule has 1 unspecified atom stereocenters. The van der Waals surface area contributed by atoms with Crippen LogP contribution in [0.2, 0.25) is 0 Å². The van der Waals surface area contributed by atoms with Crippen LogP contribution in [0, 0.1) is 6.92 Å². The lowest BCUT2D eigenvalue weighted by Crippen LogP contribution is -1.94. The molecule has 4 heteroatoms. The lowest BCUT2D eigenvalue weighted by molar-refractivity contribution is 0.412. The Labute approximate surface area is 117 Å². The average Bonchev–Trinajstić information content (AvgIpc) is 2.74. The molecule has 0 fully saturated rings. The minimum atomic E-state index is 0.0553. The summed E-state index contributed by atoms with van der Waals surface area (Å²) < 4.78 is 11.6. The van der Waals surface area contributed by atoms with Gasteiger partial charge in [-0.15, -0.1) is 0 Å². The van der Waals surface area contributed by atoms with Gasteiger partial charge in [0.2, 0.25) is 0 Å². The second kappa shape index (κ2) is 5.27. The van der Waals surface area contributed by atoms with Gasteiger partial charge in [0.1, 0.15) is 11.5 Å². The van der Waals surface area contributed by atoms with Gasteiger partial charge in [0, 0.05) is 0 Å². The Bertz CT molecular complexity index is 520. The third-order valence-corrected chi connectivity index (χ3v) is 4.16. The molecule has 1 aromatic carbocycles. The zero-order valence-corrected chi connectivity index (χ0v) is 12.7. The van der Waals surface area contributed by atoms with Crippen molar-refractivity contribution in [3.63, 3.8) is 0 Å². The first-order chi connectivity index (χ1) is 8.13. The number of hydrogen-bond acceptors (Lipinski definition) is 2. The molecule has 0 aliphatic heterocycles. The molecule has 2 aromatic rings. The van der Waals surface area contributed by atoms with E-state index in [0.717, 1.165) is 27.1 Å². The highest BCUT2D eigenvalue weighted by molar-refractivity contribution is 9.10. The monoisotopic (exact) mass is 358 g/mol. The number of aryl methyl sites for hydroxylation is 1. The maximum absolute atomic E-state index is 5.48. The number of methoxy groups -OCH3 is 1. The molecule has 0 saturated carbocycles. The van der Waals surface area contributed by atoms with Crippen molar-refractivity contribution in [2.24, 2.45) is 0 Å². The maximum atomic E-state index is 5.48. The molecule has 1 heterocycles. The number of halogens is 2. The quantitative estimate of drug-likeness (QED) is 0.731. The maximum Gasteiger partial charge on any atom is 0.133 e. The predicted molar refractivity (Wildman–Crippen MR) is 74.9 cm³/mol. The molecule has 2 nitrogen and oxygen atoms in total. The fourth-order valence-electron chi connectivity index (χ4n) is 1.64. The smallest absolute Gasteiger partial charge is 0.133 e. The molecule has 0 saturated heterocycles. The minimum Gasteiger partial charge on any atom is -0.496 e. The van der Waals surface area contributed by atoms with E-state index >= 15 is 0 Å². The second-order valence-corrected chi connectivity index (χ2v) is 5.49. The number of ether oxygens (including phenoxy) is 1. The van der Waals surface area contributed by atoms with Crippen LogP contribution in [0.4, 0.5) is 0 Å². The Balaban J connectivity index is 2.35. The predicted octanol–water partition coefficient (Wildman–Crippen LogP) is 4.84. The summed E-state index contributed by atoms with van der Waals surface area (Å²) in [5, 5.41) is 0. The molecule has 17 heavy (non-hydrogen) atoms. The van der Waals surface area contributed by atoms with Crippen molar-refractivity contribution in [3.05, 3.63) is 51.9 Å². The first-order valence-electron chi connectivity index (χ1n) is 5.15. The second-order valence-electron chi connectivity index (χ2n) is 3.72. The summed E-state index contributed by atoms with van der Waals surface area (Å²) in [5.41, 5.74) is 2.26. The summed E-state index contributed by atoms with van der Waals surface area (Å²) in [5.74, 6) is 1.76. The van der Waals surface area contributed by atoms with Gasteiger partial charge in [-0.25, -0.2) is 0 Å². The first kappa shape index (κ1) is 12.7. The van der Waals surface area contributed by atoms with Crippen LogP contribution in [-0.4, -0.2) is 7.11 Å². The number of hydrogen-bond donors (Lipinski definition) is 0. The highest BCUT2D eigenvalue weighted by Gasteiger charge is 2.17. The van der Waals surface area contributed by atoms with Crippen LogP contribution < -0.4 is 4.74 Å². The van der Waals surface area contributed by atoms with Gasteiger partial charge in [0.15, 0.2) is 0 Å². The summed E-state index contributed by atoms with van der Waals surface area (Å²) in [7, 11) is 1.65. The molecule has 0 radical (unpaired) electrons. The highest BCUT2D eigenvalue weighted by Crippen LogP contribution is 2.36. The van der Waals surface area contributed by atoms with Crippen LogP contribution in [0.1, 0.15) is 21.7 Å². The molecule has 0 N–H and O–H groups in total. The number of rotatable bonds is 3. The van der Waals surface area contributed by atoms with Crippen molar-refractivity contribution in [3.8, 4) is 5.75 Å². The summed E-state index contributed by atoms with van der Waals surface area (Å²) in [4.78, 5) is 0.0553. The summed E-state index contributed by atoms with van der Waals surface area (Å²) in [6.07, 6.45) is 1.71. The Kier molecular flexibility index (Phi) is 3.94. The van der Waals surface area contributed by atoms with E-state index in [1.165, 1.54) is 0 Å². The zero-order chi connectivity index (χ0) is 12.4. The van der Waals surface area contributed by atoms with Crippen LogP contribution in [0.25, 0.3) is 0 Å². The highest BCUT2D eigenvalue weighted by atomic mass is 79.9. The molecule has 0 aliphatic carbocycles. The van der Waals surface area contributed by atoms with Crippen LogP contribution >= 0.6 is 31.9 Å². The van der Waals surface area contributed by atoms with Crippen molar-refractivity contribution in [1.29, 1.82) is 0 Å². The van der Waals surface area contributed by atoms with Crippen LogP contribution in [0.3, 0.4) is 0 Å². The van der Waals surface area contributed by atoms with Gasteiger partial charge in [0.25, 0.3) is 0 Å². The van der Waals surface area contributed by atoms with E-state index < -0.39 is 0 Å². The van der Waals surface area contributed by atoms with Crippen molar-refractivity contribution in [1.82, 2.24) is 0 Å². The van der Waals surface area contributed by atoms with Gasteiger partial charge in [0.05, 0.1) is 22.7 Å². The average molecular weight is 360 g/mol. The molecule has 0 bridgehead atoms. The third-order valence-electron chi connectivity index (χ3n) is 2.60. The summed E-state index contributed by atoms with van der Waals surface area (Å²) in [6, 6.07) is 7.94. The van der Waals surface area contributed by atoms with Crippen LogP contribution in [0.5, 0.6) is 5.75 Å². The van der Waals surface area contributed by atoms with Gasteiger partial charge in [-0.2, -0.15) is 0 Å². The fraction of sp³-hybridized carbons (Fsp3) is 0.231. The van der Waals surface area contributed by atoms with Gasteiger partial charge >= 0.3 is 0 Å². The van der Waals surface area contributed by atoms with E-state index in [1.54, 1.807) is 13.4 Å². The van der Waals surface area contributed by atoms with E-state index in [2.05, 4.69) is 31.9 Å². The van der Waals surface area contributed by atoms with E-state index in [0.29, 0.717) is 0 Å². The molecule has 0 spiro atoms. The topological polar surface area (TPSA) is 22.4 Å². The molecule has 1 atom stereocenters. The van der Waals surface area contributed by atoms with E-state index in [-0.39, 0.29) is 4.83 Å². The van der Waals surface area contributed by atoms with E-state index in [9.17, 15) is 0 Å². The number of benzene rings is 1. The molecule has 2 rings (SSSR count).